The van der Waals surface area contributed by atoms with E-state index in [1.165, 1.54) is 0 Å². The number of aromatic nitrogens is 1. The Morgan fingerprint density at radius 1 is 1.50 bits per heavy atom. The highest BCUT2D eigenvalue weighted by Crippen LogP contribution is 2.38. The van der Waals surface area contributed by atoms with Gasteiger partial charge in [-0.1, -0.05) is 0 Å². The Bertz CT molecular complexity index is 584. The summed E-state index contributed by atoms with van der Waals surface area (Å²) in [6, 6.07) is 3.60. The van der Waals surface area contributed by atoms with Gasteiger partial charge in [0.15, 0.2) is 5.96 Å². The molecular formula is C17H25N5O2. The van der Waals surface area contributed by atoms with E-state index in [1.54, 1.807) is 18.5 Å². The van der Waals surface area contributed by atoms with Crippen molar-refractivity contribution in [1.29, 1.82) is 0 Å². The average Bonchev–Trinajstić information content (AvgIpc) is 3.23. The first-order chi connectivity index (χ1) is 11.7. The highest BCUT2D eigenvalue weighted by atomic mass is 16.5. The van der Waals surface area contributed by atoms with Crippen LogP contribution in [0.1, 0.15) is 19.8 Å². The molecule has 2 aliphatic heterocycles. The van der Waals surface area contributed by atoms with Gasteiger partial charge in [0.05, 0.1) is 18.5 Å². The van der Waals surface area contributed by atoms with Crippen LogP contribution in [0.2, 0.25) is 0 Å². The summed E-state index contributed by atoms with van der Waals surface area (Å²) in [6.45, 7) is 6.51. The van der Waals surface area contributed by atoms with Crippen molar-refractivity contribution in [1.82, 2.24) is 15.2 Å². The second kappa shape index (κ2) is 7.61. The van der Waals surface area contributed by atoms with Gasteiger partial charge in [0, 0.05) is 37.9 Å². The van der Waals surface area contributed by atoms with Gasteiger partial charge in [0.2, 0.25) is 5.91 Å². The van der Waals surface area contributed by atoms with Gasteiger partial charge in [0.1, 0.15) is 6.54 Å². The molecule has 130 valence electrons. The van der Waals surface area contributed by atoms with E-state index in [0.29, 0.717) is 5.69 Å². The third kappa shape index (κ3) is 4.03. The Morgan fingerprint density at radius 3 is 3.12 bits per heavy atom. The fourth-order valence-corrected chi connectivity index (χ4v) is 3.30. The van der Waals surface area contributed by atoms with Crippen LogP contribution in [0, 0.1) is 5.41 Å². The molecule has 0 aliphatic carbocycles. The molecule has 1 atom stereocenters. The smallest absolute Gasteiger partial charge is 0.246 e. The number of amides is 1. The predicted molar refractivity (Wildman–Crippen MR) is 92.9 cm³/mol. The number of ether oxygens (including phenoxy) is 1. The standard InChI is InChI=1S/C17H25N5O2/c1-2-19-16(22-8-5-17(12-22)6-9-24-13-17)20-11-15(23)21-14-4-3-7-18-10-14/h3-4,7,10H,2,5-6,8-9,11-13H2,1H3,(H,19,20)(H,21,23). The predicted octanol–water partition coefficient (Wildman–Crippen LogP) is 1.10. The molecule has 1 aromatic heterocycles. The zero-order chi connectivity index (χ0) is 16.8. The first kappa shape index (κ1) is 16.7. The Labute approximate surface area is 142 Å². The summed E-state index contributed by atoms with van der Waals surface area (Å²) >= 11 is 0. The number of hydrogen-bond donors (Lipinski definition) is 2. The maximum Gasteiger partial charge on any atom is 0.246 e. The SMILES string of the molecule is CCNC(=NCC(=O)Nc1cccnc1)N1CCC2(CCOC2)C1. The minimum atomic E-state index is -0.142. The number of hydrogen-bond acceptors (Lipinski definition) is 4. The minimum Gasteiger partial charge on any atom is -0.381 e. The third-order valence-corrected chi connectivity index (χ3v) is 4.58. The second-order valence-corrected chi connectivity index (χ2v) is 6.43. The summed E-state index contributed by atoms with van der Waals surface area (Å²) in [5.41, 5.74) is 0.958. The molecule has 3 heterocycles. The van der Waals surface area contributed by atoms with Crippen LogP contribution in [0.5, 0.6) is 0 Å². The van der Waals surface area contributed by atoms with Gasteiger partial charge >= 0.3 is 0 Å². The number of aliphatic imine (C=N–C) groups is 1. The van der Waals surface area contributed by atoms with E-state index in [2.05, 4.69) is 25.5 Å². The normalized spacial score (nSPS) is 23.7. The van der Waals surface area contributed by atoms with Crippen molar-refractivity contribution in [2.45, 2.75) is 19.8 Å². The van der Waals surface area contributed by atoms with E-state index in [1.807, 2.05) is 13.0 Å². The fraction of sp³-hybridized carbons (Fsp3) is 0.588. The van der Waals surface area contributed by atoms with Gasteiger partial charge in [0.25, 0.3) is 0 Å². The van der Waals surface area contributed by atoms with Crippen LogP contribution in [0.15, 0.2) is 29.5 Å². The van der Waals surface area contributed by atoms with Crippen molar-refractivity contribution in [3.05, 3.63) is 24.5 Å². The molecule has 3 rings (SSSR count). The van der Waals surface area contributed by atoms with E-state index >= 15 is 0 Å². The van der Waals surface area contributed by atoms with E-state index < -0.39 is 0 Å². The highest BCUT2D eigenvalue weighted by molar-refractivity contribution is 5.94. The van der Waals surface area contributed by atoms with Crippen LogP contribution < -0.4 is 10.6 Å². The van der Waals surface area contributed by atoms with Crippen LogP contribution in [0.25, 0.3) is 0 Å². The molecule has 0 aromatic carbocycles. The monoisotopic (exact) mass is 331 g/mol. The lowest BCUT2D eigenvalue weighted by atomic mass is 9.87. The molecule has 2 aliphatic rings. The van der Waals surface area contributed by atoms with Crippen LogP contribution in [-0.2, 0) is 9.53 Å². The van der Waals surface area contributed by atoms with Gasteiger partial charge in [-0.25, -0.2) is 4.99 Å². The second-order valence-electron chi connectivity index (χ2n) is 6.43. The zero-order valence-corrected chi connectivity index (χ0v) is 14.1. The molecule has 2 saturated heterocycles. The Kier molecular flexibility index (Phi) is 5.30. The number of nitrogens with one attached hydrogen (secondary N) is 2. The number of carbonyl (C=O) groups is 1. The van der Waals surface area contributed by atoms with Crippen molar-refractivity contribution in [3.63, 3.8) is 0 Å². The summed E-state index contributed by atoms with van der Waals surface area (Å²) in [7, 11) is 0. The first-order valence-corrected chi connectivity index (χ1v) is 8.52. The average molecular weight is 331 g/mol. The summed E-state index contributed by atoms with van der Waals surface area (Å²) in [4.78, 5) is 22.8. The molecule has 0 radical (unpaired) electrons. The Balaban J connectivity index is 1.58. The number of anilines is 1. The van der Waals surface area contributed by atoms with Gasteiger partial charge in [-0.05, 0) is 31.9 Å². The summed E-state index contributed by atoms with van der Waals surface area (Å²) < 4.78 is 5.58. The number of guanidine groups is 1. The molecule has 7 heteroatoms. The van der Waals surface area contributed by atoms with Crippen molar-refractivity contribution in [3.8, 4) is 0 Å². The molecule has 2 fully saturated rings. The van der Waals surface area contributed by atoms with Gasteiger partial charge in [-0.2, -0.15) is 0 Å². The zero-order valence-electron chi connectivity index (χ0n) is 14.1. The lowest BCUT2D eigenvalue weighted by Gasteiger charge is -2.24. The number of nitrogens with zero attached hydrogens (tertiary/aromatic N) is 3. The van der Waals surface area contributed by atoms with Gasteiger partial charge < -0.3 is 20.3 Å². The van der Waals surface area contributed by atoms with E-state index in [9.17, 15) is 4.79 Å². The largest absolute Gasteiger partial charge is 0.381 e. The Hall–Kier alpha value is -2.15. The topological polar surface area (TPSA) is 78.8 Å². The molecule has 1 spiro atoms. The number of carbonyl (C=O) groups excluding carboxylic acids is 1. The molecule has 2 N–H and O–H groups in total. The highest BCUT2D eigenvalue weighted by Gasteiger charge is 2.42. The van der Waals surface area contributed by atoms with E-state index in [4.69, 9.17) is 4.74 Å². The molecular weight excluding hydrogens is 306 g/mol. The summed E-state index contributed by atoms with van der Waals surface area (Å²) in [5.74, 6) is 0.666. The molecule has 0 saturated carbocycles. The van der Waals surface area contributed by atoms with Gasteiger partial charge in [-0.3, -0.25) is 9.78 Å². The third-order valence-electron chi connectivity index (χ3n) is 4.58. The lowest BCUT2D eigenvalue weighted by molar-refractivity contribution is -0.114. The maximum absolute atomic E-state index is 12.1. The van der Waals surface area contributed by atoms with E-state index in [0.717, 1.165) is 51.6 Å². The Morgan fingerprint density at radius 2 is 2.42 bits per heavy atom. The quantitative estimate of drug-likeness (QED) is 0.638. The fourth-order valence-electron chi connectivity index (χ4n) is 3.30. The van der Waals surface area contributed by atoms with E-state index in [-0.39, 0.29) is 17.9 Å². The molecule has 1 unspecified atom stereocenters. The first-order valence-electron chi connectivity index (χ1n) is 8.52. The van der Waals surface area contributed by atoms with Crippen molar-refractivity contribution < 1.29 is 9.53 Å². The number of likely N-dealkylation sites (tertiary alicyclic amines) is 1. The van der Waals surface area contributed by atoms with Gasteiger partial charge in [-0.15, -0.1) is 0 Å². The van der Waals surface area contributed by atoms with Crippen molar-refractivity contribution >= 4 is 17.6 Å². The van der Waals surface area contributed by atoms with Crippen LogP contribution in [0.3, 0.4) is 0 Å². The maximum atomic E-state index is 12.1. The van der Waals surface area contributed by atoms with Crippen LogP contribution in [0.4, 0.5) is 5.69 Å². The molecule has 1 aromatic rings. The van der Waals surface area contributed by atoms with Crippen LogP contribution in [-0.4, -0.2) is 61.1 Å². The lowest BCUT2D eigenvalue weighted by Crippen LogP contribution is -2.42. The molecule has 1 amide bonds. The summed E-state index contributed by atoms with van der Waals surface area (Å²) in [5, 5.41) is 6.10. The van der Waals surface area contributed by atoms with Crippen LogP contribution >= 0.6 is 0 Å². The number of pyridine rings is 1. The molecule has 0 bridgehead atoms. The van der Waals surface area contributed by atoms with Crippen molar-refractivity contribution in [2.24, 2.45) is 10.4 Å². The molecule has 7 nitrogen and oxygen atoms in total. The number of rotatable bonds is 4. The van der Waals surface area contributed by atoms with Crippen molar-refractivity contribution in [2.75, 3.05) is 44.7 Å². The summed E-state index contributed by atoms with van der Waals surface area (Å²) in [6.07, 6.45) is 5.54. The molecule has 24 heavy (non-hydrogen) atoms. The minimum absolute atomic E-state index is 0.0945.